The molecule has 88 valence electrons. The van der Waals surface area contributed by atoms with Crippen LogP contribution in [-0.4, -0.2) is 22.5 Å². The summed E-state index contributed by atoms with van der Waals surface area (Å²) in [4.78, 5) is 26.1. The van der Waals surface area contributed by atoms with Gasteiger partial charge in [0.15, 0.2) is 0 Å². The van der Waals surface area contributed by atoms with Crippen LogP contribution in [0.3, 0.4) is 0 Å². The summed E-state index contributed by atoms with van der Waals surface area (Å²) in [7, 11) is 1.27. The fourth-order valence-electron chi connectivity index (χ4n) is 1.48. The SMILES string of the molecule is COC(=O)Cc1nc2ccc(Cl)cn2c1N=O. The van der Waals surface area contributed by atoms with Crippen molar-refractivity contribution in [2.24, 2.45) is 5.18 Å². The molecule has 0 amide bonds. The summed E-state index contributed by atoms with van der Waals surface area (Å²) in [5.74, 6) is -0.419. The van der Waals surface area contributed by atoms with E-state index < -0.39 is 5.97 Å². The molecule has 0 N–H and O–H groups in total. The highest BCUT2D eigenvalue weighted by Gasteiger charge is 2.16. The Morgan fingerprint density at radius 2 is 2.35 bits per heavy atom. The summed E-state index contributed by atoms with van der Waals surface area (Å²) >= 11 is 5.81. The summed E-state index contributed by atoms with van der Waals surface area (Å²) < 4.78 is 5.95. The summed E-state index contributed by atoms with van der Waals surface area (Å²) in [5.41, 5.74) is 0.775. The van der Waals surface area contributed by atoms with Crippen molar-refractivity contribution in [1.82, 2.24) is 9.38 Å². The predicted octanol–water partition coefficient (Wildman–Crippen LogP) is 2.10. The Morgan fingerprint density at radius 1 is 1.59 bits per heavy atom. The van der Waals surface area contributed by atoms with Crippen LogP contribution in [0.15, 0.2) is 23.5 Å². The van der Waals surface area contributed by atoms with Gasteiger partial charge in [0.05, 0.1) is 18.6 Å². The van der Waals surface area contributed by atoms with Crippen molar-refractivity contribution in [3.05, 3.63) is 34.0 Å². The minimum Gasteiger partial charge on any atom is -0.469 e. The van der Waals surface area contributed by atoms with Crippen LogP contribution in [-0.2, 0) is 16.0 Å². The Balaban J connectivity index is 2.56. The van der Waals surface area contributed by atoms with Gasteiger partial charge in [0.2, 0.25) is 5.82 Å². The van der Waals surface area contributed by atoms with Gasteiger partial charge in [-0.05, 0) is 17.3 Å². The molecule has 0 aliphatic heterocycles. The molecular formula is C10H8ClN3O3. The first-order valence-corrected chi connectivity index (χ1v) is 5.10. The van der Waals surface area contributed by atoms with Crippen molar-refractivity contribution < 1.29 is 9.53 Å². The molecule has 0 bridgehead atoms. The molecule has 0 saturated carbocycles. The van der Waals surface area contributed by atoms with Crippen molar-refractivity contribution in [2.75, 3.05) is 7.11 Å². The maximum atomic E-state index is 11.2. The van der Waals surface area contributed by atoms with Gasteiger partial charge >= 0.3 is 5.97 Å². The van der Waals surface area contributed by atoms with Crippen molar-refractivity contribution >= 4 is 29.0 Å². The Hall–Kier alpha value is -1.95. The van der Waals surface area contributed by atoms with Gasteiger partial charge in [0.1, 0.15) is 11.3 Å². The second kappa shape index (κ2) is 4.50. The highest BCUT2D eigenvalue weighted by molar-refractivity contribution is 6.30. The molecule has 17 heavy (non-hydrogen) atoms. The van der Waals surface area contributed by atoms with Crippen LogP contribution >= 0.6 is 11.6 Å². The first kappa shape index (κ1) is 11.5. The van der Waals surface area contributed by atoms with Crippen LogP contribution in [0.25, 0.3) is 5.65 Å². The highest BCUT2D eigenvalue weighted by atomic mass is 35.5. The zero-order valence-electron chi connectivity index (χ0n) is 8.88. The van der Waals surface area contributed by atoms with Gasteiger partial charge in [-0.3, -0.25) is 9.20 Å². The van der Waals surface area contributed by atoms with E-state index in [0.717, 1.165) is 0 Å². The molecule has 2 aromatic heterocycles. The van der Waals surface area contributed by atoms with Gasteiger partial charge in [-0.25, -0.2) is 4.98 Å². The van der Waals surface area contributed by atoms with Crippen LogP contribution in [0, 0.1) is 4.91 Å². The van der Waals surface area contributed by atoms with Crippen LogP contribution in [0.1, 0.15) is 5.69 Å². The smallest absolute Gasteiger partial charge is 0.311 e. The number of esters is 1. The standard InChI is InChI=1S/C10H8ClN3O3/c1-17-9(15)4-7-10(13-16)14-5-6(11)2-3-8(14)12-7/h2-3,5H,4H2,1H3. The third-order valence-electron chi connectivity index (χ3n) is 2.25. The molecule has 0 radical (unpaired) electrons. The van der Waals surface area contributed by atoms with Gasteiger partial charge in [-0.1, -0.05) is 11.6 Å². The van der Waals surface area contributed by atoms with Crippen molar-refractivity contribution in [2.45, 2.75) is 6.42 Å². The lowest BCUT2D eigenvalue weighted by atomic mass is 10.3. The summed E-state index contributed by atoms with van der Waals surface area (Å²) in [5, 5.41) is 3.32. The molecule has 0 aromatic carbocycles. The second-order valence-corrected chi connectivity index (χ2v) is 3.74. The number of hydrogen-bond acceptors (Lipinski definition) is 5. The van der Waals surface area contributed by atoms with Crippen molar-refractivity contribution in [1.29, 1.82) is 0 Å². The third kappa shape index (κ3) is 2.12. The Morgan fingerprint density at radius 3 is 3.00 bits per heavy atom. The number of imidazole rings is 1. The minimum absolute atomic E-state index is 0.0629. The number of nitroso groups, excluding NO2 is 1. The van der Waals surface area contributed by atoms with E-state index >= 15 is 0 Å². The van der Waals surface area contributed by atoms with Crippen LogP contribution < -0.4 is 0 Å². The molecule has 0 fully saturated rings. The van der Waals surface area contributed by atoms with Crippen molar-refractivity contribution in [3.63, 3.8) is 0 Å². The third-order valence-corrected chi connectivity index (χ3v) is 2.48. The van der Waals surface area contributed by atoms with Gasteiger partial charge in [0, 0.05) is 6.20 Å². The number of ether oxygens (including phenoxy) is 1. The van der Waals surface area contributed by atoms with Crippen molar-refractivity contribution in [3.8, 4) is 0 Å². The lowest BCUT2D eigenvalue weighted by Gasteiger charge is -1.96. The maximum absolute atomic E-state index is 11.2. The molecule has 0 spiro atoms. The number of nitrogens with zero attached hydrogens (tertiary/aromatic N) is 3. The molecule has 0 unspecified atom stereocenters. The number of carbonyl (C=O) groups is 1. The second-order valence-electron chi connectivity index (χ2n) is 3.30. The number of methoxy groups -OCH3 is 1. The lowest BCUT2D eigenvalue weighted by Crippen LogP contribution is -2.04. The minimum atomic E-state index is -0.482. The number of rotatable bonds is 3. The lowest BCUT2D eigenvalue weighted by molar-refractivity contribution is -0.139. The van der Waals surface area contributed by atoms with Gasteiger partial charge in [-0.15, -0.1) is 4.91 Å². The molecule has 0 atom stereocenters. The average molecular weight is 254 g/mol. The fourth-order valence-corrected chi connectivity index (χ4v) is 1.64. The number of fused-ring (bicyclic) bond motifs is 1. The average Bonchev–Trinajstić information content (AvgIpc) is 2.65. The molecule has 0 saturated heterocycles. The van der Waals surface area contributed by atoms with Gasteiger partial charge in [0.25, 0.3) is 0 Å². The van der Waals surface area contributed by atoms with E-state index in [2.05, 4.69) is 14.9 Å². The molecule has 7 heteroatoms. The molecule has 0 aliphatic rings. The fraction of sp³-hybridized carbons (Fsp3) is 0.200. The molecule has 2 rings (SSSR count). The van der Waals surface area contributed by atoms with E-state index in [4.69, 9.17) is 11.6 Å². The molecule has 6 nitrogen and oxygen atoms in total. The Kier molecular flexibility index (Phi) is 3.06. The van der Waals surface area contributed by atoms with Gasteiger partial charge in [-0.2, -0.15) is 0 Å². The molecule has 0 aliphatic carbocycles. The molecular weight excluding hydrogens is 246 g/mol. The zero-order valence-corrected chi connectivity index (χ0v) is 9.64. The number of hydrogen-bond donors (Lipinski definition) is 0. The summed E-state index contributed by atoms with van der Waals surface area (Å²) in [6, 6.07) is 3.28. The number of pyridine rings is 1. The highest BCUT2D eigenvalue weighted by Crippen LogP contribution is 2.23. The molecule has 2 heterocycles. The van der Waals surface area contributed by atoms with E-state index in [9.17, 15) is 9.70 Å². The topological polar surface area (TPSA) is 73.0 Å². The summed E-state index contributed by atoms with van der Waals surface area (Å²) in [6.07, 6.45) is 1.41. The predicted molar refractivity (Wildman–Crippen MR) is 61.4 cm³/mol. The summed E-state index contributed by atoms with van der Waals surface area (Å²) in [6.45, 7) is 0. The number of aromatic nitrogens is 2. The zero-order chi connectivity index (χ0) is 12.4. The van der Waals surface area contributed by atoms with Crippen LogP contribution in [0.4, 0.5) is 5.82 Å². The maximum Gasteiger partial charge on any atom is 0.311 e. The number of halogens is 1. The van der Waals surface area contributed by atoms with E-state index in [0.29, 0.717) is 10.7 Å². The van der Waals surface area contributed by atoms with E-state index in [1.54, 1.807) is 12.1 Å². The van der Waals surface area contributed by atoms with Gasteiger partial charge < -0.3 is 4.74 Å². The largest absolute Gasteiger partial charge is 0.469 e. The quantitative estimate of drug-likeness (QED) is 0.620. The van der Waals surface area contributed by atoms with E-state index in [-0.39, 0.29) is 17.9 Å². The normalized spacial score (nSPS) is 10.5. The molecule has 2 aromatic rings. The van der Waals surface area contributed by atoms with Crippen LogP contribution in [0.5, 0.6) is 0 Å². The Bertz CT molecular complexity index is 594. The van der Waals surface area contributed by atoms with E-state index in [1.807, 2.05) is 0 Å². The first-order chi connectivity index (χ1) is 8.15. The number of carbonyl (C=O) groups excluding carboxylic acids is 1. The van der Waals surface area contributed by atoms with Crippen LogP contribution in [0.2, 0.25) is 5.02 Å². The first-order valence-electron chi connectivity index (χ1n) is 4.72. The monoisotopic (exact) mass is 253 g/mol. The van der Waals surface area contributed by atoms with E-state index in [1.165, 1.54) is 17.7 Å². The Labute approximate surface area is 101 Å².